The number of benzene rings is 5. The fourth-order valence-electron chi connectivity index (χ4n) is 4.68. The molecule has 0 bridgehead atoms. The fourth-order valence-corrected chi connectivity index (χ4v) is 4.68. The molecule has 178 valence electrons. The maximum Gasteiger partial charge on any atom is 0.0361 e. The van der Waals surface area contributed by atoms with Gasteiger partial charge in [-0.2, -0.15) is 0 Å². The fraction of sp³-hybridized carbons (Fsp3) is 0.118. The van der Waals surface area contributed by atoms with Crippen LogP contribution in [-0.4, -0.2) is 28.2 Å². The Morgan fingerprint density at radius 3 is 0.972 bits per heavy atom. The minimum atomic E-state index is 1.19. The van der Waals surface area contributed by atoms with Gasteiger partial charge in [-0.25, -0.2) is 0 Å². The molecule has 0 amide bonds. The van der Waals surface area contributed by atoms with Crippen LogP contribution in [-0.2, 0) is 0 Å². The molecule has 2 nitrogen and oxygen atoms in total. The molecule has 0 radical (unpaired) electrons. The lowest BCUT2D eigenvalue weighted by Crippen LogP contribution is -2.07. The molecule has 5 aromatic carbocycles. The van der Waals surface area contributed by atoms with E-state index in [2.05, 4.69) is 159 Å². The van der Waals surface area contributed by atoms with E-state index >= 15 is 0 Å². The summed E-state index contributed by atoms with van der Waals surface area (Å²) >= 11 is 0. The summed E-state index contributed by atoms with van der Waals surface area (Å²) in [5, 5.41) is 5.06. The van der Waals surface area contributed by atoms with Crippen molar-refractivity contribution < 1.29 is 0 Å². The van der Waals surface area contributed by atoms with Gasteiger partial charge in [-0.15, -0.1) is 0 Å². The summed E-state index contributed by atoms with van der Waals surface area (Å²) in [7, 11) is 8.27. The summed E-state index contributed by atoms with van der Waals surface area (Å²) in [6.45, 7) is 0. The highest BCUT2D eigenvalue weighted by Gasteiger charge is 2.10. The van der Waals surface area contributed by atoms with Crippen LogP contribution in [0.4, 0.5) is 11.4 Å². The standard InChI is InChI=1S/C34H32N2/c1-35(2)27-19-13-25(14-20-27)17-23-33-29-9-5-7-11-31(29)34(32-12-8-6-10-30(32)33)24-18-26-15-21-28(22-16-26)36(3)4/h5-24H,1-4H3/b23-17+,24-18+. The van der Waals surface area contributed by atoms with E-state index in [0.29, 0.717) is 0 Å². The second-order valence-corrected chi connectivity index (χ2v) is 9.56. The molecule has 0 atom stereocenters. The summed E-state index contributed by atoms with van der Waals surface area (Å²) < 4.78 is 0. The first-order valence-corrected chi connectivity index (χ1v) is 12.4. The SMILES string of the molecule is CN(C)c1ccc(/C=C/c2c3ccccc3c(/C=C/c3ccc(N(C)C)cc3)c3ccccc23)cc1. The third kappa shape index (κ3) is 4.76. The van der Waals surface area contributed by atoms with Crippen LogP contribution in [0.2, 0.25) is 0 Å². The van der Waals surface area contributed by atoms with E-state index in [1.165, 1.54) is 55.2 Å². The Morgan fingerprint density at radius 1 is 0.389 bits per heavy atom. The Bertz CT molecular complexity index is 1380. The van der Waals surface area contributed by atoms with Gasteiger partial charge in [-0.1, -0.05) is 97.1 Å². The number of fused-ring (bicyclic) bond motifs is 2. The van der Waals surface area contributed by atoms with E-state index in [1.54, 1.807) is 0 Å². The molecule has 0 aliphatic rings. The van der Waals surface area contributed by atoms with Crippen molar-refractivity contribution in [2.45, 2.75) is 0 Å². The molecule has 0 saturated carbocycles. The van der Waals surface area contributed by atoms with Gasteiger partial charge in [-0.3, -0.25) is 0 Å². The Hall–Kier alpha value is -4.30. The van der Waals surface area contributed by atoms with Crippen molar-refractivity contribution in [1.82, 2.24) is 0 Å². The normalized spacial score (nSPS) is 11.7. The predicted molar refractivity (Wildman–Crippen MR) is 161 cm³/mol. The van der Waals surface area contributed by atoms with E-state index in [-0.39, 0.29) is 0 Å². The van der Waals surface area contributed by atoms with Crippen LogP contribution in [0.1, 0.15) is 22.3 Å². The van der Waals surface area contributed by atoms with Crippen LogP contribution in [0.15, 0.2) is 97.1 Å². The lowest BCUT2D eigenvalue weighted by molar-refractivity contribution is 1.13. The molecular formula is C34H32N2. The van der Waals surface area contributed by atoms with Crippen molar-refractivity contribution in [3.8, 4) is 0 Å². The summed E-state index contributed by atoms with van der Waals surface area (Å²) in [4.78, 5) is 4.24. The average Bonchev–Trinajstić information content (AvgIpc) is 2.91. The van der Waals surface area contributed by atoms with E-state index in [4.69, 9.17) is 0 Å². The maximum absolute atomic E-state index is 2.27. The van der Waals surface area contributed by atoms with Crippen LogP contribution < -0.4 is 9.80 Å². The summed E-state index contributed by atoms with van der Waals surface area (Å²) in [6, 6.07) is 34.8. The van der Waals surface area contributed by atoms with E-state index < -0.39 is 0 Å². The number of nitrogens with zero attached hydrogens (tertiary/aromatic N) is 2. The van der Waals surface area contributed by atoms with Crippen molar-refractivity contribution >= 4 is 57.2 Å². The van der Waals surface area contributed by atoms with Gasteiger partial charge in [0.2, 0.25) is 0 Å². The lowest BCUT2D eigenvalue weighted by atomic mass is 9.91. The summed E-state index contributed by atoms with van der Waals surface area (Å²) in [5.41, 5.74) is 7.31. The molecule has 0 spiro atoms. The van der Waals surface area contributed by atoms with Gasteiger partial charge in [0.05, 0.1) is 0 Å². The van der Waals surface area contributed by atoms with Crippen molar-refractivity contribution in [3.05, 3.63) is 119 Å². The highest BCUT2D eigenvalue weighted by atomic mass is 15.1. The van der Waals surface area contributed by atoms with Crippen molar-refractivity contribution in [1.29, 1.82) is 0 Å². The van der Waals surface area contributed by atoms with Gasteiger partial charge in [-0.05, 0) is 68.1 Å². The molecule has 0 aliphatic heterocycles. The first kappa shape index (κ1) is 23.4. The van der Waals surface area contributed by atoms with Gasteiger partial charge in [0.25, 0.3) is 0 Å². The Balaban J connectivity index is 1.61. The molecule has 0 heterocycles. The smallest absolute Gasteiger partial charge is 0.0361 e. The molecule has 36 heavy (non-hydrogen) atoms. The monoisotopic (exact) mass is 468 g/mol. The van der Waals surface area contributed by atoms with Crippen LogP contribution in [0.25, 0.3) is 45.8 Å². The zero-order valence-corrected chi connectivity index (χ0v) is 21.4. The number of anilines is 2. The second kappa shape index (κ2) is 10.1. The lowest BCUT2D eigenvalue weighted by Gasteiger charge is -2.14. The Labute approximate surface area is 214 Å². The first-order valence-electron chi connectivity index (χ1n) is 12.4. The molecule has 0 unspecified atom stereocenters. The molecule has 0 fully saturated rings. The highest BCUT2D eigenvalue weighted by Crippen LogP contribution is 2.35. The van der Waals surface area contributed by atoms with Crippen LogP contribution >= 0.6 is 0 Å². The number of hydrogen-bond acceptors (Lipinski definition) is 2. The predicted octanol–water partition coefficient (Wildman–Crippen LogP) is 8.47. The quantitative estimate of drug-likeness (QED) is 0.182. The van der Waals surface area contributed by atoms with Crippen molar-refractivity contribution in [2.75, 3.05) is 38.0 Å². The number of rotatable bonds is 6. The molecule has 0 aromatic heterocycles. The third-order valence-electron chi connectivity index (χ3n) is 6.72. The van der Waals surface area contributed by atoms with Crippen LogP contribution in [0.3, 0.4) is 0 Å². The molecule has 2 heteroatoms. The highest BCUT2D eigenvalue weighted by molar-refractivity contribution is 6.14. The average molecular weight is 469 g/mol. The van der Waals surface area contributed by atoms with Gasteiger partial charge >= 0.3 is 0 Å². The zero-order chi connectivity index (χ0) is 25.1. The molecule has 0 N–H and O–H groups in total. The molecule has 0 saturated heterocycles. The minimum absolute atomic E-state index is 1.19. The van der Waals surface area contributed by atoms with E-state index in [0.717, 1.165) is 0 Å². The third-order valence-corrected chi connectivity index (χ3v) is 6.72. The molecular weight excluding hydrogens is 436 g/mol. The zero-order valence-electron chi connectivity index (χ0n) is 21.4. The second-order valence-electron chi connectivity index (χ2n) is 9.56. The topological polar surface area (TPSA) is 6.48 Å². The molecule has 0 aliphatic carbocycles. The largest absolute Gasteiger partial charge is 0.378 e. The van der Waals surface area contributed by atoms with Crippen molar-refractivity contribution in [3.63, 3.8) is 0 Å². The van der Waals surface area contributed by atoms with E-state index in [1.807, 2.05) is 0 Å². The first-order chi connectivity index (χ1) is 17.5. The minimum Gasteiger partial charge on any atom is -0.378 e. The van der Waals surface area contributed by atoms with Gasteiger partial charge < -0.3 is 9.80 Å². The Morgan fingerprint density at radius 2 is 0.694 bits per heavy atom. The molecule has 5 rings (SSSR count). The van der Waals surface area contributed by atoms with Gasteiger partial charge in [0.1, 0.15) is 0 Å². The van der Waals surface area contributed by atoms with Gasteiger partial charge in [0, 0.05) is 39.6 Å². The van der Waals surface area contributed by atoms with E-state index in [9.17, 15) is 0 Å². The summed E-state index contributed by atoms with van der Waals surface area (Å²) in [6.07, 6.45) is 8.97. The van der Waals surface area contributed by atoms with Crippen LogP contribution in [0, 0.1) is 0 Å². The maximum atomic E-state index is 2.27. The summed E-state index contributed by atoms with van der Waals surface area (Å²) in [5.74, 6) is 0. The number of hydrogen-bond donors (Lipinski definition) is 0. The molecule has 5 aromatic rings. The van der Waals surface area contributed by atoms with Crippen molar-refractivity contribution in [2.24, 2.45) is 0 Å². The Kier molecular flexibility index (Phi) is 6.60. The van der Waals surface area contributed by atoms with Gasteiger partial charge in [0.15, 0.2) is 0 Å². The van der Waals surface area contributed by atoms with Crippen LogP contribution in [0.5, 0.6) is 0 Å².